The molecule has 1 N–H and O–H groups in total. The van der Waals surface area contributed by atoms with Crippen molar-refractivity contribution in [3.05, 3.63) is 66.0 Å². The van der Waals surface area contributed by atoms with Gasteiger partial charge in [-0.2, -0.15) is 0 Å². The molecule has 1 saturated heterocycles. The van der Waals surface area contributed by atoms with Crippen LogP contribution in [0.25, 0.3) is 5.69 Å². The van der Waals surface area contributed by atoms with E-state index in [1.54, 1.807) is 6.33 Å². The first-order valence-corrected chi connectivity index (χ1v) is 12.6. The van der Waals surface area contributed by atoms with Crippen LogP contribution in [0.1, 0.15) is 22.6 Å². The molecule has 3 aromatic rings. The number of anilines is 1. The van der Waals surface area contributed by atoms with Crippen molar-refractivity contribution in [2.75, 3.05) is 22.6 Å². The normalized spacial score (nSPS) is 14.2. The molecule has 1 amide bonds. The van der Waals surface area contributed by atoms with E-state index < -0.39 is 0 Å². The van der Waals surface area contributed by atoms with Crippen molar-refractivity contribution in [1.29, 1.82) is 0 Å². The molecule has 5 nitrogen and oxygen atoms in total. The predicted molar refractivity (Wildman–Crippen MR) is 124 cm³/mol. The van der Waals surface area contributed by atoms with Crippen molar-refractivity contribution in [1.82, 2.24) is 14.8 Å². The summed E-state index contributed by atoms with van der Waals surface area (Å²) >= 11 is 5.32. The molecule has 0 atom stereocenters. The van der Waals surface area contributed by atoms with Crippen LogP contribution in [-0.4, -0.2) is 37.9 Å². The first-order chi connectivity index (χ1) is 14.2. The van der Waals surface area contributed by atoms with Gasteiger partial charge in [0.2, 0.25) is 5.91 Å². The molecule has 2 aromatic carbocycles. The van der Waals surface area contributed by atoms with Gasteiger partial charge in [0.05, 0.1) is 16.0 Å². The van der Waals surface area contributed by atoms with E-state index in [0.717, 1.165) is 17.8 Å². The van der Waals surface area contributed by atoms with Gasteiger partial charge in [0, 0.05) is 17.2 Å². The summed E-state index contributed by atoms with van der Waals surface area (Å²) in [7, 11) is 0. The molecule has 0 aliphatic carbocycles. The molecule has 1 aromatic heterocycles. The van der Waals surface area contributed by atoms with Crippen molar-refractivity contribution in [3.8, 4) is 5.69 Å². The van der Waals surface area contributed by atoms with Gasteiger partial charge in [-0.15, -0.1) is 33.7 Å². The summed E-state index contributed by atoms with van der Waals surface area (Å²) in [6, 6.07) is 16.4. The summed E-state index contributed by atoms with van der Waals surface area (Å²) < 4.78 is 2.42. The van der Waals surface area contributed by atoms with Crippen LogP contribution in [0.5, 0.6) is 0 Å². The van der Waals surface area contributed by atoms with Crippen LogP contribution in [0, 0.1) is 0 Å². The van der Waals surface area contributed by atoms with E-state index in [2.05, 4.69) is 46.7 Å². The molecule has 2 heterocycles. The summed E-state index contributed by atoms with van der Waals surface area (Å²) in [6.45, 7) is 2.13. The van der Waals surface area contributed by atoms with Crippen LogP contribution >= 0.6 is 35.3 Å². The molecular weight excluding hydrogens is 420 g/mol. The second kappa shape index (κ2) is 9.73. The van der Waals surface area contributed by atoms with Crippen molar-refractivity contribution < 1.29 is 4.79 Å². The fourth-order valence-electron chi connectivity index (χ4n) is 3.17. The quantitative estimate of drug-likeness (QED) is 0.517. The number of aromatic nitrogens is 3. The zero-order valence-electron chi connectivity index (χ0n) is 16.1. The third kappa shape index (κ3) is 4.99. The Morgan fingerprint density at radius 3 is 2.86 bits per heavy atom. The number of hydrogen-bond acceptors (Lipinski definition) is 6. The van der Waals surface area contributed by atoms with Crippen LogP contribution in [0.3, 0.4) is 0 Å². The van der Waals surface area contributed by atoms with Crippen molar-refractivity contribution in [2.45, 2.75) is 23.1 Å². The van der Waals surface area contributed by atoms with Gasteiger partial charge in [-0.25, -0.2) is 0 Å². The number of hydrogen-bond donors (Lipinski definition) is 1. The smallest absolute Gasteiger partial charge is 0.234 e. The highest BCUT2D eigenvalue weighted by Gasteiger charge is 2.18. The van der Waals surface area contributed by atoms with Gasteiger partial charge >= 0.3 is 0 Å². The number of carbonyl (C=O) groups is 1. The first-order valence-electron chi connectivity index (χ1n) is 9.48. The number of rotatable bonds is 7. The molecule has 0 spiro atoms. The van der Waals surface area contributed by atoms with Crippen molar-refractivity contribution >= 4 is 46.9 Å². The Morgan fingerprint density at radius 1 is 1.21 bits per heavy atom. The van der Waals surface area contributed by atoms with Crippen LogP contribution in [-0.2, 0) is 11.2 Å². The second-order valence-electron chi connectivity index (χ2n) is 6.50. The maximum Gasteiger partial charge on any atom is 0.234 e. The Bertz CT molecular complexity index is 985. The summed E-state index contributed by atoms with van der Waals surface area (Å²) in [4.78, 5) is 12.5. The molecule has 1 aliphatic rings. The fraction of sp³-hybridized carbons (Fsp3) is 0.286. The summed E-state index contributed by atoms with van der Waals surface area (Å²) in [5.74, 6) is 2.61. The molecule has 1 aliphatic heterocycles. The number of nitrogens with zero attached hydrogens (tertiary/aromatic N) is 3. The Morgan fingerprint density at radius 2 is 2.03 bits per heavy atom. The van der Waals surface area contributed by atoms with Gasteiger partial charge < -0.3 is 5.32 Å². The first kappa shape index (κ1) is 20.4. The lowest BCUT2D eigenvalue weighted by Crippen LogP contribution is -2.14. The fourth-order valence-corrected chi connectivity index (χ4v) is 6.73. The summed E-state index contributed by atoms with van der Waals surface area (Å²) in [5.41, 5.74) is 4.39. The molecule has 0 bridgehead atoms. The van der Waals surface area contributed by atoms with Gasteiger partial charge in [0.1, 0.15) is 6.33 Å². The molecule has 0 radical (unpaired) electrons. The van der Waals surface area contributed by atoms with Gasteiger partial charge in [-0.05, 0) is 35.7 Å². The third-order valence-corrected chi connectivity index (χ3v) is 8.59. The molecular formula is C21H22N4OS3. The van der Waals surface area contributed by atoms with Crippen molar-refractivity contribution in [3.63, 3.8) is 0 Å². The largest absolute Gasteiger partial charge is 0.325 e. The van der Waals surface area contributed by atoms with E-state index in [-0.39, 0.29) is 11.7 Å². The Balaban J connectivity index is 1.40. The molecule has 29 heavy (non-hydrogen) atoms. The van der Waals surface area contributed by atoms with E-state index in [1.807, 2.05) is 52.4 Å². The predicted octanol–water partition coefficient (Wildman–Crippen LogP) is 5.04. The molecule has 1 fully saturated rings. The number of amides is 1. The van der Waals surface area contributed by atoms with Gasteiger partial charge in [-0.3, -0.25) is 9.36 Å². The topological polar surface area (TPSA) is 59.8 Å². The Kier molecular flexibility index (Phi) is 6.84. The lowest BCUT2D eigenvalue weighted by Gasteiger charge is -2.12. The summed E-state index contributed by atoms with van der Waals surface area (Å²) in [6.07, 6.45) is 2.63. The summed E-state index contributed by atoms with van der Waals surface area (Å²) in [5, 5.41) is 12.0. The zero-order chi connectivity index (χ0) is 20.1. The maximum absolute atomic E-state index is 12.5. The van der Waals surface area contributed by atoms with Crippen LogP contribution in [0.4, 0.5) is 5.69 Å². The average molecular weight is 443 g/mol. The molecule has 8 heteroatoms. The molecule has 4 rings (SSSR count). The average Bonchev–Trinajstić information content (AvgIpc) is 3.44. The highest BCUT2D eigenvalue weighted by molar-refractivity contribution is 8.19. The minimum atomic E-state index is -0.0443. The Hall–Kier alpha value is -1.90. The highest BCUT2D eigenvalue weighted by atomic mass is 32.2. The highest BCUT2D eigenvalue weighted by Crippen LogP contribution is 2.45. The number of thioether (sulfide) groups is 3. The minimum Gasteiger partial charge on any atom is -0.325 e. The Labute approximate surface area is 183 Å². The number of nitrogens with one attached hydrogen (secondary N) is 1. The molecule has 0 unspecified atom stereocenters. The zero-order valence-corrected chi connectivity index (χ0v) is 18.5. The van der Waals surface area contributed by atoms with Gasteiger partial charge in [0.25, 0.3) is 0 Å². The minimum absolute atomic E-state index is 0.0443. The van der Waals surface area contributed by atoms with Gasteiger partial charge in [0.15, 0.2) is 5.16 Å². The van der Waals surface area contributed by atoms with Crippen molar-refractivity contribution in [2.24, 2.45) is 0 Å². The number of para-hydroxylation sites is 1. The molecule has 0 saturated carbocycles. The van der Waals surface area contributed by atoms with Gasteiger partial charge in [-0.1, -0.05) is 49.0 Å². The monoisotopic (exact) mass is 442 g/mol. The van der Waals surface area contributed by atoms with E-state index in [9.17, 15) is 4.79 Å². The third-order valence-electron chi connectivity index (χ3n) is 4.55. The van der Waals surface area contributed by atoms with E-state index >= 15 is 0 Å². The molecule has 150 valence electrons. The standard InChI is InChI=1S/C21H22N4OS3/c1-2-15-6-3-4-9-18(15)25-14-22-24-21(25)29-13-19(26)23-17-8-5-7-16(12-17)20-27-10-11-28-20/h3-9,12,14,20H,2,10-11,13H2,1H3,(H,23,26). The number of carbonyl (C=O) groups excluding carboxylic acids is 1. The van der Waals surface area contributed by atoms with Crippen LogP contribution in [0.15, 0.2) is 60.0 Å². The number of benzene rings is 2. The van der Waals surface area contributed by atoms with E-state index in [0.29, 0.717) is 9.74 Å². The lowest BCUT2D eigenvalue weighted by atomic mass is 10.1. The van der Waals surface area contributed by atoms with E-state index in [4.69, 9.17) is 0 Å². The lowest BCUT2D eigenvalue weighted by molar-refractivity contribution is -0.113. The SMILES string of the molecule is CCc1ccccc1-n1cnnc1SCC(=O)Nc1cccc(C2SCCS2)c1. The second-order valence-corrected chi connectivity index (χ2v) is 10.2. The van der Waals surface area contributed by atoms with Crippen LogP contribution in [0.2, 0.25) is 0 Å². The van der Waals surface area contributed by atoms with E-state index in [1.165, 1.54) is 34.4 Å². The maximum atomic E-state index is 12.5. The number of aryl methyl sites for hydroxylation is 1. The van der Waals surface area contributed by atoms with Crippen LogP contribution < -0.4 is 5.32 Å².